The molecule has 82 valence electrons. The first-order valence-electron chi connectivity index (χ1n) is 5.60. The second-order valence-corrected chi connectivity index (χ2v) is 4.51. The average Bonchev–Trinajstić information content (AvgIpc) is 2.16. The zero-order valence-electron chi connectivity index (χ0n) is 9.55. The van der Waals surface area contributed by atoms with Crippen LogP contribution in [-0.2, 0) is 4.79 Å². The van der Waals surface area contributed by atoms with Gasteiger partial charge in [-0.15, -0.1) is 0 Å². The Hall–Kier alpha value is -0.570. The van der Waals surface area contributed by atoms with Crippen LogP contribution in [0.4, 0.5) is 0 Å². The SMILES string of the molecule is CNC(=O)C1CCCCN1CC(C)C. The van der Waals surface area contributed by atoms with Crippen molar-refractivity contribution in [1.82, 2.24) is 10.2 Å². The van der Waals surface area contributed by atoms with Crippen molar-refractivity contribution in [1.29, 1.82) is 0 Å². The van der Waals surface area contributed by atoms with E-state index in [-0.39, 0.29) is 11.9 Å². The molecule has 1 N–H and O–H groups in total. The largest absolute Gasteiger partial charge is 0.358 e. The fourth-order valence-corrected chi connectivity index (χ4v) is 2.14. The second-order valence-electron chi connectivity index (χ2n) is 4.51. The summed E-state index contributed by atoms with van der Waals surface area (Å²) in [5.41, 5.74) is 0. The van der Waals surface area contributed by atoms with Crippen molar-refractivity contribution < 1.29 is 4.79 Å². The van der Waals surface area contributed by atoms with Crippen LogP contribution in [0.2, 0.25) is 0 Å². The zero-order chi connectivity index (χ0) is 10.6. The lowest BCUT2D eigenvalue weighted by atomic mass is 10.00. The summed E-state index contributed by atoms with van der Waals surface area (Å²) in [6, 6.07) is 0.121. The number of likely N-dealkylation sites (N-methyl/N-ethyl adjacent to an activating group) is 1. The lowest BCUT2D eigenvalue weighted by molar-refractivity contribution is -0.127. The van der Waals surface area contributed by atoms with Crippen LogP contribution in [0.15, 0.2) is 0 Å². The van der Waals surface area contributed by atoms with Crippen molar-refractivity contribution in [2.24, 2.45) is 5.92 Å². The molecule has 1 fully saturated rings. The van der Waals surface area contributed by atoms with E-state index < -0.39 is 0 Å². The number of hydrogen-bond donors (Lipinski definition) is 1. The number of rotatable bonds is 3. The van der Waals surface area contributed by atoms with E-state index in [1.165, 1.54) is 12.8 Å². The first kappa shape index (κ1) is 11.5. The van der Waals surface area contributed by atoms with Gasteiger partial charge in [-0.25, -0.2) is 0 Å². The summed E-state index contributed by atoms with van der Waals surface area (Å²) >= 11 is 0. The highest BCUT2D eigenvalue weighted by atomic mass is 16.2. The van der Waals surface area contributed by atoms with Crippen LogP contribution >= 0.6 is 0 Å². The molecule has 0 radical (unpaired) electrons. The van der Waals surface area contributed by atoms with Gasteiger partial charge in [-0.2, -0.15) is 0 Å². The molecule has 0 bridgehead atoms. The Morgan fingerprint density at radius 2 is 2.21 bits per heavy atom. The van der Waals surface area contributed by atoms with E-state index in [0.717, 1.165) is 19.5 Å². The highest BCUT2D eigenvalue weighted by Gasteiger charge is 2.27. The van der Waals surface area contributed by atoms with Crippen molar-refractivity contribution in [3.05, 3.63) is 0 Å². The van der Waals surface area contributed by atoms with Gasteiger partial charge in [0.1, 0.15) is 0 Å². The molecule has 14 heavy (non-hydrogen) atoms. The van der Waals surface area contributed by atoms with E-state index in [4.69, 9.17) is 0 Å². The summed E-state index contributed by atoms with van der Waals surface area (Å²) in [6.45, 7) is 6.53. The summed E-state index contributed by atoms with van der Waals surface area (Å²) < 4.78 is 0. The minimum Gasteiger partial charge on any atom is -0.358 e. The van der Waals surface area contributed by atoms with Crippen LogP contribution in [0.25, 0.3) is 0 Å². The molecular formula is C11H22N2O. The molecule has 1 aliphatic rings. The van der Waals surface area contributed by atoms with Crippen LogP contribution in [-0.4, -0.2) is 37.0 Å². The lowest BCUT2D eigenvalue weighted by Gasteiger charge is -2.35. The van der Waals surface area contributed by atoms with Crippen LogP contribution in [0.3, 0.4) is 0 Å². The molecule has 1 unspecified atom stereocenters. The summed E-state index contributed by atoms with van der Waals surface area (Å²) in [7, 11) is 1.73. The molecular weight excluding hydrogens is 176 g/mol. The summed E-state index contributed by atoms with van der Waals surface area (Å²) in [6.07, 6.45) is 3.44. The van der Waals surface area contributed by atoms with Gasteiger partial charge in [-0.05, 0) is 25.3 Å². The maximum atomic E-state index is 11.6. The smallest absolute Gasteiger partial charge is 0.237 e. The minimum absolute atomic E-state index is 0.121. The molecule has 1 rings (SSSR count). The van der Waals surface area contributed by atoms with Crippen LogP contribution in [0.5, 0.6) is 0 Å². The number of carbonyl (C=O) groups excluding carboxylic acids is 1. The number of carbonyl (C=O) groups is 1. The Morgan fingerprint density at radius 1 is 1.50 bits per heavy atom. The predicted octanol–water partition coefficient (Wildman–Crippen LogP) is 1.24. The predicted molar refractivity (Wildman–Crippen MR) is 58.1 cm³/mol. The van der Waals surface area contributed by atoms with Crippen molar-refractivity contribution in [2.75, 3.05) is 20.1 Å². The van der Waals surface area contributed by atoms with Crippen molar-refractivity contribution >= 4 is 5.91 Å². The Balaban J connectivity index is 2.54. The summed E-state index contributed by atoms with van der Waals surface area (Å²) in [5.74, 6) is 0.825. The van der Waals surface area contributed by atoms with E-state index in [2.05, 4.69) is 24.1 Å². The van der Waals surface area contributed by atoms with E-state index in [1.54, 1.807) is 7.05 Å². The molecule has 1 atom stereocenters. The second kappa shape index (κ2) is 5.35. The molecule has 3 heteroatoms. The molecule has 0 aromatic rings. The molecule has 1 amide bonds. The molecule has 0 aliphatic carbocycles. The van der Waals surface area contributed by atoms with E-state index in [9.17, 15) is 4.79 Å². The third-order valence-corrected chi connectivity index (χ3v) is 2.76. The zero-order valence-corrected chi connectivity index (χ0v) is 9.55. The molecule has 0 saturated carbocycles. The molecule has 1 saturated heterocycles. The van der Waals surface area contributed by atoms with Gasteiger partial charge in [0, 0.05) is 13.6 Å². The number of likely N-dealkylation sites (tertiary alicyclic amines) is 1. The van der Waals surface area contributed by atoms with Crippen LogP contribution in [0.1, 0.15) is 33.1 Å². The third kappa shape index (κ3) is 2.98. The van der Waals surface area contributed by atoms with Gasteiger partial charge in [0.25, 0.3) is 0 Å². The maximum absolute atomic E-state index is 11.6. The van der Waals surface area contributed by atoms with Gasteiger partial charge in [0.2, 0.25) is 5.91 Å². The first-order valence-corrected chi connectivity index (χ1v) is 5.60. The Labute approximate surface area is 86.9 Å². The molecule has 0 spiro atoms. The minimum atomic E-state index is 0.121. The van der Waals surface area contributed by atoms with E-state index in [1.807, 2.05) is 0 Å². The normalized spacial score (nSPS) is 23.9. The van der Waals surface area contributed by atoms with Crippen molar-refractivity contribution in [2.45, 2.75) is 39.2 Å². The third-order valence-electron chi connectivity index (χ3n) is 2.76. The maximum Gasteiger partial charge on any atom is 0.237 e. The number of hydrogen-bond acceptors (Lipinski definition) is 2. The van der Waals surface area contributed by atoms with Gasteiger partial charge in [-0.1, -0.05) is 20.3 Å². The van der Waals surface area contributed by atoms with Gasteiger partial charge in [0.15, 0.2) is 0 Å². The van der Waals surface area contributed by atoms with Gasteiger partial charge < -0.3 is 5.32 Å². The molecule has 3 nitrogen and oxygen atoms in total. The number of amides is 1. The van der Waals surface area contributed by atoms with Crippen molar-refractivity contribution in [3.8, 4) is 0 Å². The quantitative estimate of drug-likeness (QED) is 0.740. The average molecular weight is 198 g/mol. The fraction of sp³-hybridized carbons (Fsp3) is 0.909. The molecule has 0 aromatic heterocycles. The van der Waals surface area contributed by atoms with Gasteiger partial charge in [-0.3, -0.25) is 9.69 Å². The molecule has 0 aromatic carbocycles. The van der Waals surface area contributed by atoms with Crippen LogP contribution in [0, 0.1) is 5.92 Å². The Bertz CT molecular complexity index is 192. The standard InChI is InChI=1S/C11H22N2O/c1-9(2)8-13-7-5-4-6-10(13)11(14)12-3/h9-10H,4-8H2,1-3H3,(H,12,14). The molecule has 1 heterocycles. The topological polar surface area (TPSA) is 32.3 Å². The Morgan fingerprint density at radius 3 is 2.79 bits per heavy atom. The first-order chi connectivity index (χ1) is 6.65. The van der Waals surface area contributed by atoms with E-state index >= 15 is 0 Å². The molecule has 1 aliphatic heterocycles. The summed E-state index contributed by atoms with van der Waals surface area (Å²) in [4.78, 5) is 13.9. The highest BCUT2D eigenvalue weighted by molar-refractivity contribution is 5.81. The summed E-state index contributed by atoms with van der Waals surface area (Å²) in [5, 5.41) is 2.76. The Kier molecular flexibility index (Phi) is 4.39. The van der Waals surface area contributed by atoms with Gasteiger partial charge >= 0.3 is 0 Å². The number of nitrogens with one attached hydrogen (secondary N) is 1. The van der Waals surface area contributed by atoms with E-state index in [0.29, 0.717) is 5.92 Å². The fourth-order valence-electron chi connectivity index (χ4n) is 2.14. The number of piperidine rings is 1. The lowest BCUT2D eigenvalue weighted by Crippen LogP contribution is -2.49. The van der Waals surface area contributed by atoms with Gasteiger partial charge in [0.05, 0.1) is 6.04 Å². The number of nitrogens with zero attached hydrogens (tertiary/aromatic N) is 1. The monoisotopic (exact) mass is 198 g/mol. The van der Waals surface area contributed by atoms with Crippen molar-refractivity contribution in [3.63, 3.8) is 0 Å². The highest BCUT2D eigenvalue weighted by Crippen LogP contribution is 2.18. The van der Waals surface area contributed by atoms with Crippen LogP contribution < -0.4 is 5.32 Å².